The second-order valence-electron chi connectivity index (χ2n) is 2.85. The Balaban J connectivity index is 2.71. The molecule has 0 spiro atoms. The number of aliphatic carboxylic acids is 1. The van der Waals surface area contributed by atoms with Gasteiger partial charge in [-0.05, 0) is 0 Å². The number of hydrogen-bond donors (Lipinski definition) is 2. The van der Waals surface area contributed by atoms with E-state index in [0.29, 0.717) is 12.4 Å². The van der Waals surface area contributed by atoms with Gasteiger partial charge in [0, 0.05) is 30.9 Å². The van der Waals surface area contributed by atoms with Crippen LogP contribution in [-0.2, 0) is 17.8 Å². The fraction of sp³-hybridized carbons (Fsp3) is 0.333. The minimum Gasteiger partial charge on any atom is -0.478 e. The van der Waals surface area contributed by atoms with Crippen molar-refractivity contribution in [1.29, 1.82) is 0 Å². The molecule has 5 heteroatoms. The smallest absolute Gasteiger partial charge is 0.331 e. The number of aliphatic hydroxyl groups excluding tert-OH is 1. The van der Waals surface area contributed by atoms with E-state index in [9.17, 15) is 4.79 Å². The molecule has 76 valence electrons. The summed E-state index contributed by atoms with van der Waals surface area (Å²) < 4.78 is 1.70. The van der Waals surface area contributed by atoms with Gasteiger partial charge in [-0.15, -0.1) is 0 Å². The third-order valence-corrected chi connectivity index (χ3v) is 1.82. The number of carboxylic acid groups (broad SMARTS) is 1. The summed E-state index contributed by atoms with van der Waals surface area (Å²) in [5.74, 6) is -0.421. The fourth-order valence-electron chi connectivity index (χ4n) is 1.09. The van der Waals surface area contributed by atoms with Crippen LogP contribution in [0.4, 0.5) is 0 Å². The Kier molecular flexibility index (Phi) is 3.41. The van der Waals surface area contributed by atoms with Gasteiger partial charge in [0.25, 0.3) is 0 Å². The van der Waals surface area contributed by atoms with E-state index in [-0.39, 0.29) is 18.6 Å². The topological polar surface area (TPSA) is 75.3 Å². The molecule has 14 heavy (non-hydrogen) atoms. The van der Waals surface area contributed by atoms with Crippen molar-refractivity contribution in [3.05, 3.63) is 30.4 Å². The van der Waals surface area contributed by atoms with Gasteiger partial charge < -0.3 is 14.8 Å². The van der Waals surface area contributed by atoms with Crippen molar-refractivity contribution in [1.82, 2.24) is 9.55 Å². The molecule has 0 bridgehead atoms. The summed E-state index contributed by atoms with van der Waals surface area (Å²) in [7, 11) is 0. The Morgan fingerprint density at radius 2 is 2.36 bits per heavy atom. The van der Waals surface area contributed by atoms with Crippen LogP contribution in [0.1, 0.15) is 5.82 Å². The second kappa shape index (κ2) is 4.57. The number of aromatic nitrogens is 2. The van der Waals surface area contributed by atoms with Crippen LogP contribution in [0, 0.1) is 0 Å². The highest BCUT2D eigenvalue weighted by Crippen LogP contribution is 2.04. The maximum atomic E-state index is 10.5. The van der Waals surface area contributed by atoms with Crippen LogP contribution in [0.2, 0.25) is 0 Å². The summed E-state index contributed by atoms with van der Waals surface area (Å²) in [5, 5.41) is 17.3. The average Bonchev–Trinajstić information content (AvgIpc) is 2.53. The molecule has 1 aromatic heterocycles. The summed E-state index contributed by atoms with van der Waals surface area (Å²) >= 11 is 0. The fourth-order valence-corrected chi connectivity index (χ4v) is 1.09. The lowest BCUT2D eigenvalue weighted by Crippen LogP contribution is -2.10. The Morgan fingerprint density at radius 3 is 2.93 bits per heavy atom. The number of nitrogens with zero attached hydrogens (tertiary/aromatic N) is 2. The van der Waals surface area contributed by atoms with Crippen LogP contribution >= 0.6 is 0 Å². The maximum Gasteiger partial charge on any atom is 0.331 e. The molecule has 5 nitrogen and oxygen atoms in total. The van der Waals surface area contributed by atoms with Gasteiger partial charge >= 0.3 is 5.97 Å². The van der Waals surface area contributed by atoms with Gasteiger partial charge in [0.2, 0.25) is 0 Å². The first-order valence-corrected chi connectivity index (χ1v) is 4.17. The zero-order valence-electron chi connectivity index (χ0n) is 7.68. The molecule has 0 amide bonds. The van der Waals surface area contributed by atoms with E-state index < -0.39 is 5.97 Å². The Labute approximate surface area is 81.3 Å². The summed E-state index contributed by atoms with van der Waals surface area (Å²) in [5.41, 5.74) is 0.0930. The second-order valence-corrected chi connectivity index (χ2v) is 2.85. The molecule has 0 radical (unpaired) electrons. The zero-order chi connectivity index (χ0) is 10.6. The van der Waals surface area contributed by atoms with E-state index in [1.165, 1.54) is 0 Å². The molecule has 1 heterocycles. The number of imidazole rings is 1. The van der Waals surface area contributed by atoms with E-state index in [1.807, 2.05) is 0 Å². The minimum absolute atomic E-state index is 0.00288. The average molecular weight is 196 g/mol. The Morgan fingerprint density at radius 1 is 1.64 bits per heavy atom. The molecule has 0 fully saturated rings. The van der Waals surface area contributed by atoms with Gasteiger partial charge in [0.1, 0.15) is 5.82 Å². The lowest BCUT2D eigenvalue weighted by Gasteiger charge is -2.05. The van der Waals surface area contributed by atoms with Crippen LogP contribution in [0.25, 0.3) is 0 Å². The molecule has 1 aromatic rings. The van der Waals surface area contributed by atoms with E-state index >= 15 is 0 Å². The van der Waals surface area contributed by atoms with E-state index in [4.69, 9.17) is 10.2 Å². The summed E-state index contributed by atoms with van der Waals surface area (Å²) in [6, 6.07) is 0. The standard InChI is InChI=1S/C9H12N2O3/c1-7(9(13)14)6-8-10-2-3-11(8)4-5-12/h2-3,12H,1,4-6H2,(H,13,14). The first-order valence-electron chi connectivity index (χ1n) is 4.17. The van der Waals surface area contributed by atoms with Gasteiger partial charge in [0.05, 0.1) is 6.61 Å². The van der Waals surface area contributed by atoms with Gasteiger partial charge in [-0.25, -0.2) is 9.78 Å². The normalized spacial score (nSPS) is 10.1. The van der Waals surface area contributed by atoms with Crippen LogP contribution in [0.3, 0.4) is 0 Å². The van der Waals surface area contributed by atoms with Gasteiger partial charge in [-0.1, -0.05) is 6.58 Å². The molecule has 2 N–H and O–H groups in total. The highest BCUT2D eigenvalue weighted by Gasteiger charge is 2.09. The highest BCUT2D eigenvalue weighted by atomic mass is 16.4. The quantitative estimate of drug-likeness (QED) is 0.653. The third kappa shape index (κ3) is 2.43. The molecule has 0 saturated carbocycles. The van der Waals surface area contributed by atoms with E-state index in [1.54, 1.807) is 17.0 Å². The first-order chi connectivity index (χ1) is 6.65. The van der Waals surface area contributed by atoms with Gasteiger partial charge in [-0.3, -0.25) is 0 Å². The minimum atomic E-state index is -1.02. The third-order valence-electron chi connectivity index (χ3n) is 1.82. The highest BCUT2D eigenvalue weighted by molar-refractivity contribution is 5.86. The molecule has 0 unspecified atom stereocenters. The monoisotopic (exact) mass is 196 g/mol. The van der Waals surface area contributed by atoms with Crippen LogP contribution in [-0.4, -0.2) is 32.3 Å². The SMILES string of the molecule is C=C(Cc1nccn1CCO)C(=O)O. The van der Waals surface area contributed by atoms with Crippen LogP contribution < -0.4 is 0 Å². The summed E-state index contributed by atoms with van der Waals surface area (Å²) in [4.78, 5) is 14.5. The molecule has 0 aliphatic rings. The van der Waals surface area contributed by atoms with Crippen molar-refractivity contribution in [2.75, 3.05) is 6.61 Å². The van der Waals surface area contributed by atoms with Crippen LogP contribution in [0.15, 0.2) is 24.5 Å². The number of aliphatic hydroxyl groups is 1. The number of carbonyl (C=O) groups is 1. The summed E-state index contributed by atoms with van der Waals surface area (Å²) in [6.07, 6.45) is 3.46. The molecule has 0 saturated heterocycles. The number of carboxylic acids is 1. The predicted molar refractivity (Wildman–Crippen MR) is 49.8 cm³/mol. The lowest BCUT2D eigenvalue weighted by atomic mass is 10.2. The first kappa shape index (κ1) is 10.5. The number of rotatable bonds is 5. The molecule has 0 atom stereocenters. The predicted octanol–water partition coefficient (Wildman–Crippen LogP) is 0.0587. The molecular weight excluding hydrogens is 184 g/mol. The molecule has 0 aliphatic carbocycles. The maximum absolute atomic E-state index is 10.5. The Hall–Kier alpha value is -1.62. The van der Waals surface area contributed by atoms with Crippen molar-refractivity contribution in [3.63, 3.8) is 0 Å². The molecule has 0 aliphatic heterocycles. The van der Waals surface area contributed by atoms with Crippen molar-refractivity contribution in [2.45, 2.75) is 13.0 Å². The molecular formula is C9H12N2O3. The zero-order valence-corrected chi connectivity index (χ0v) is 7.68. The molecule has 0 aromatic carbocycles. The Bertz CT molecular complexity index is 344. The van der Waals surface area contributed by atoms with Gasteiger partial charge in [0.15, 0.2) is 0 Å². The van der Waals surface area contributed by atoms with E-state index in [2.05, 4.69) is 11.6 Å². The van der Waals surface area contributed by atoms with Crippen LogP contribution in [0.5, 0.6) is 0 Å². The van der Waals surface area contributed by atoms with Crippen molar-refractivity contribution < 1.29 is 15.0 Å². The summed E-state index contributed by atoms with van der Waals surface area (Å²) in [6.45, 7) is 3.84. The largest absolute Gasteiger partial charge is 0.478 e. The lowest BCUT2D eigenvalue weighted by molar-refractivity contribution is -0.132. The van der Waals surface area contributed by atoms with Crippen molar-refractivity contribution >= 4 is 5.97 Å². The molecule has 1 rings (SSSR count). The van der Waals surface area contributed by atoms with Gasteiger partial charge in [-0.2, -0.15) is 0 Å². The van der Waals surface area contributed by atoms with E-state index in [0.717, 1.165) is 0 Å². The van der Waals surface area contributed by atoms with Crippen molar-refractivity contribution in [2.24, 2.45) is 0 Å². The number of hydrogen-bond acceptors (Lipinski definition) is 3. The van der Waals surface area contributed by atoms with Crippen molar-refractivity contribution in [3.8, 4) is 0 Å².